The van der Waals surface area contributed by atoms with Crippen molar-refractivity contribution in [1.82, 2.24) is 14.8 Å². The Kier molecular flexibility index (Phi) is 4.10. The zero-order valence-electron chi connectivity index (χ0n) is 13.8. The molecular weight excluding hydrogens is 322 g/mol. The number of halogens is 1. The van der Waals surface area contributed by atoms with Gasteiger partial charge in [0, 0.05) is 36.0 Å². The number of fused-ring (bicyclic) bond motifs is 3. The molecule has 0 spiro atoms. The molecule has 3 saturated heterocycles. The summed E-state index contributed by atoms with van der Waals surface area (Å²) in [6, 6.07) is 10.5. The molecule has 3 aliphatic heterocycles. The molecule has 4 heterocycles. The predicted octanol–water partition coefficient (Wildman–Crippen LogP) is 3.85. The third kappa shape index (κ3) is 2.96. The lowest BCUT2D eigenvalue weighted by Crippen LogP contribution is -2.60. The molecule has 5 heteroatoms. The van der Waals surface area contributed by atoms with Gasteiger partial charge in [-0.05, 0) is 61.6 Å². The van der Waals surface area contributed by atoms with E-state index in [1.165, 1.54) is 19.4 Å². The van der Waals surface area contributed by atoms with E-state index in [0.29, 0.717) is 17.0 Å². The maximum atomic E-state index is 12.6. The highest BCUT2D eigenvalue weighted by atomic mass is 35.5. The molecule has 0 radical (unpaired) electrons. The van der Waals surface area contributed by atoms with Crippen LogP contribution < -0.4 is 5.32 Å². The number of hydrogen-bond acceptors (Lipinski definition) is 2. The van der Waals surface area contributed by atoms with Crippen LogP contribution in [0.5, 0.6) is 0 Å². The number of hydrogen-bond donors (Lipinski definition) is 1. The van der Waals surface area contributed by atoms with Crippen molar-refractivity contribution in [1.29, 1.82) is 0 Å². The minimum atomic E-state index is -0.0402. The number of amides is 1. The number of nitrogens with one attached hydrogen (secondary N) is 1. The van der Waals surface area contributed by atoms with Gasteiger partial charge in [0.2, 0.25) is 0 Å². The molecule has 4 atom stereocenters. The summed E-state index contributed by atoms with van der Waals surface area (Å²) in [5, 5.41) is 3.94. The van der Waals surface area contributed by atoms with E-state index in [9.17, 15) is 4.79 Å². The lowest BCUT2D eigenvalue weighted by Gasteiger charge is -2.48. The molecule has 3 unspecified atom stereocenters. The zero-order valence-corrected chi connectivity index (χ0v) is 14.5. The first-order valence-electron chi connectivity index (χ1n) is 8.59. The van der Waals surface area contributed by atoms with Gasteiger partial charge >= 0.3 is 6.03 Å². The van der Waals surface area contributed by atoms with Crippen molar-refractivity contribution in [3.05, 3.63) is 47.7 Å². The molecule has 5 rings (SSSR count). The van der Waals surface area contributed by atoms with Crippen LogP contribution in [-0.2, 0) is 0 Å². The van der Waals surface area contributed by atoms with E-state index < -0.39 is 0 Å². The molecule has 1 aromatic heterocycles. The maximum absolute atomic E-state index is 12.6. The Balaban J connectivity index is 1.45. The molecule has 24 heavy (non-hydrogen) atoms. The summed E-state index contributed by atoms with van der Waals surface area (Å²) in [5.41, 5.74) is 2.08. The van der Waals surface area contributed by atoms with Gasteiger partial charge in [-0.15, -0.1) is 0 Å². The Morgan fingerprint density at radius 2 is 2.00 bits per heavy atom. The van der Waals surface area contributed by atoms with Crippen molar-refractivity contribution >= 4 is 17.6 Å². The number of benzene rings is 1. The van der Waals surface area contributed by atoms with Crippen LogP contribution in [0.3, 0.4) is 0 Å². The number of piperidine rings is 3. The second-order valence-electron chi connectivity index (χ2n) is 7.00. The zero-order chi connectivity index (χ0) is 16.7. The molecule has 2 bridgehead atoms. The van der Waals surface area contributed by atoms with E-state index in [4.69, 9.17) is 11.6 Å². The molecule has 0 saturated carbocycles. The van der Waals surface area contributed by atoms with E-state index in [1.807, 2.05) is 42.7 Å². The second-order valence-corrected chi connectivity index (χ2v) is 7.44. The summed E-state index contributed by atoms with van der Waals surface area (Å²) >= 11 is 5.93. The third-order valence-electron chi connectivity index (χ3n) is 5.47. The van der Waals surface area contributed by atoms with Gasteiger partial charge in [-0.3, -0.25) is 9.47 Å². The molecular formula is C19H22ClN3O. The number of carbonyl (C=O) groups excluding carboxylic acids is 1. The molecule has 126 valence electrons. The minimum absolute atomic E-state index is 0.0402. The van der Waals surface area contributed by atoms with Crippen molar-refractivity contribution in [3.63, 3.8) is 0 Å². The highest BCUT2D eigenvalue weighted by molar-refractivity contribution is 6.30. The fourth-order valence-corrected chi connectivity index (χ4v) is 4.15. The van der Waals surface area contributed by atoms with Crippen molar-refractivity contribution in [2.75, 3.05) is 13.1 Å². The Hall–Kier alpha value is -1.78. The Bertz CT molecular complexity index is 739. The van der Waals surface area contributed by atoms with Crippen LogP contribution in [-0.4, -0.2) is 40.7 Å². The van der Waals surface area contributed by atoms with Crippen LogP contribution in [0.4, 0.5) is 4.79 Å². The molecule has 1 aromatic carbocycles. The number of aromatic nitrogens is 1. The van der Waals surface area contributed by atoms with Crippen LogP contribution in [0.2, 0.25) is 5.02 Å². The predicted molar refractivity (Wildman–Crippen MR) is 96.4 cm³/mol. The number of nitrogens with zero attached hydrogens (tertiary/aromatic N) is 2. The van der Waals surface area contributed by atoms with Crippen LogP contribution >= 0.6 is 11.6 Å². The van der Waals surface area contributed by atoms with E-state index in [2.05, 4.69) is 17.1 Å². The fraction of sp³-hybridized carbons (Fsp3) is 0.421. The smallest absolute Gasteiger partial charge is 0.325 e. The number of carbonyl (C=O) groups is 1. The summed E-state index contributed by atoms with van der Waals surface area (Å²) < 4.78 is 1.64. The van der Waals surface area contributed by atoms with Crippen molar-refractivity contribution < 1.29 is 4.79 Å². The van der Waals surface area contributed by atoms with Gasteiger partial charge in [-0.25, -0.2) is 4.79 Å². The van der Waals surface area contributed by atoms with Gasteiger partial charge in [-0.2, -0.15) is 0 Å². The van der Waals surface area contributed by atoms with Crippen LogP contribution in [0, 0.1) is 5.92 Å². The lowest BCUT2D eigenvalue weighted by molar-refractivity contribution is 0.0322. The maximum Gasteiger partial charge on any atom is 0.325 e. The summed E-state index contributed by atoms with van der Waals surface area (Å²) in [7, 11) is 0. The average molecular weight is 344 g/mol. The first-order chi connectivity index (χ1) is 11.6. The van der Waals surface area contributed by atoms with Crippen LogP contribution in [0.1, 0.15) is 19.8 Å². The highest BCUT2D eigenvalue weighted by Crippen LogP contribution is 2.32. The molecule has 1 amide bonds. The van der Waals surface area contributed by atoms with E-state index in [1.54, 1.807) is 4.57 Å². The molecule has 3 fully saturated rings. The quantitative estimate of drug-likeness (QED) is 0.899. The summed E-state index contributed by atoms with van der Waals surface area (Å²) in [6.07, 6.45) is 6.08. The standard InChI is InChI=1S/C19H22ClN3O/c1-13-10-15-6-8-22(13)12-18(15)21-19(24)23-9-7-16(11-23)14-2-4-17(20)5-3-14/h2-5,7,9,11,13,15,18H,6,8,10,12H2,1H3,(H,21,24)/t13?,15?,18-/m0/s1. The molecule has 2 aromatic rings. The van der Waals surface area contributed by atoms with Gasteiger partial charge in [0.1, 0.15) is 0 Å². The third-order valence-corrected chi connectivity index (χ3v) is 5.72. The van der Waals surface area contributed by atoms with E-state index >= 15 is 0 Å². The second kappa shape index (κ2) is 6.26. The molecule has 0 aliphatic carbocycles. The van der Waals surface area contributed by atoms with Crippen molar-refractivity contribution in [2.45, 2.75) is 31.8 Å². The summed E-state index contributed by atoms with van der Waals surface area (Å²) in [5.74, 6) is 0.611. The minimum Gasteiger partial charge on any atom is -0.333 e. The average Bonchev–Trinajstić information content (AvgIpc) is 3.07. The highest BCUT2D eigenvalue weighted by Gasteiger charge is 2.38. The molecule has 3 aliphatic rings. The summed E-state index contributed by atoms with van der Waals surface area (Å²) in [4.78, 5) is 15.1. The van der Waals surface area contributed by atoms with E-state index in [-0.39, 0.29) is 12.1 Å². The SMILES string of the molecule is CC1CC2CCN1C[C@@H]2NC(=O)n1ccc(-c2ccc(Cl)cc2)c1. The van der Waals surface area contributed by atoms with Crippen LogP contribution in [0.25, 0.3) is 11.1 Å². The molecule has 1 N–H and O–H groups in total. The fourth-order valence-electron chi connectivity index (χ4n) is 4.03. The van der Waals surface area contributed by atoms with Gasteiger partial charge in [0.15, 0.2) is 0 Å². The Labute approximate surface area is 147 Å². The van der Waals surface area contributed by atoms with Gasteiger partial charge in [-0.1, -0.05) is 23.7 Å². The van der Waals surface area contributed by atoms with Gasteiger partial charge in [0.05, 0.1) is 0 Å². The monoisotopic (exact) mass is 343 g/mol. The van der Waals surface area contributed by atoms with E-state index in [0.717, 1.165) is 17.7 Å². The summed E-state index contributed by atoms with van der Waals surface area (Å²) in [6.45, 7) is 4.43. The Morgan fingerprint density at radius 3 is 2.67 bits per heavy atom. The van der Waals surface area contributed by atoms with Gasteiger partial charge < -0.3 is 5.32 Å². The van der Waals surface area contributed by atoms with Crippen molar-refractivity contribution in [2.24, 2.45) is 5.92 Å². The number of rotatable bonds is 2. The van der Waals surface area contributed by atoms with Crippen molar-refractivity contribution in [3.8, 4) is 11.1 Å². The molecule has 4 nitrogen and oxygen atoms in total. The largest absolute Gasteiger partial charge is 0.333 e. The topological polar surface area (TPSA) is 37.3 Å². The Morgan fingerprint density at radius 1 is 1.21 bits per heavy atom. The first-order valence-corrected chi connectivity index (χ1v) is 8.97. The normalized spacial score (nSPS) is 28.8. The van der Waals surface area contributed by atoms with Gasteiger partial charge in [0.25, 0.3) is 0 Å². The van der Waals surface area contributed by atoms with Crippen LogP contribution in [0.15, 0.2) is 42.7 Å². The lowest BCUT2D eigenvalue weighted by atomic mass is 9.80. The first kappa shape index (κ1) is 15.7.